The molecule has 0 spiro atoms. The van der Waals surface area contributed by atoms with Crippen LogP contribution in [0.5, 0.6) is 0 Å². The molecule has 6 nitrogen and oxygen atoms in total. The second-order valence-electron chi connectivity index (χ2n) is 4.47. The number of carbonyl (C=O) groups excluding carboxylic acids is 1. The van der Waals surface area contributed by atoms with Gasteiger partial charge < -0.3 is 4.98 Å². The van der Waals surface area contributed by atoms with Crippen molar-refractivity contribution in [2.24, 2.45) is 0 Å². The topological polar surface area (TPSA) is 83.6 Å². The van der Waals surface area contributed by atoms with Gasteiger partial charge in [-0.3, -0.25) is 10.1 Å². The van der Waals surface area contributed by atoms with E-state index in [1.807, 2.05) is 30.3 Å². The summed E-state index contributed by atoms with van der Waals surface area (Å²) in [5, 5.41) is 2.87. The maximum atomic E-state index is 11.9. The minimum absolute atomic E-state index is 0.162. The summed E-state index contributed by atoms with van der Waals surface area (Å²) in [6.07, 6.45) is 2.49. The molecule has 0 saturated heterocycles. The van der Waals surface area contributed by atoms with E-state index in [9.17, 15) is 4.79 Å². The average molecular weight is 302 g/mol. The van der Waals surface area contributed by atoms with Crippen molar-refractivity contribution < 1.29 is 4.79 Å². The summed E-state index contributed by atoms with van der Waals surface area (Å²) in [4.78, 5) is 26.9. The molecule has 1 aromatic carbocycles. The maximum absolute atomic E-state index is 11.9. The first-order valence-electron chi connectivity index (χ1n) is 6.43. The monoisotopic (exact) mass is 301 g/mol. The highest BCUT2D eigenvalue weighted by atomic mass is 35.5. The van der Waals surface area contributed by atoms with Crippen molar-refractivity contribution >= 4 is 34.6 Å². The standard InChI is InChI=1S/C14H12ClN5O/c15-12-11-13(17-8-16-11)20-14(19-12)18-10(21)7-6-9-4-2-1-3-5-9/h1-5,8H,6-7H2,(H2,16,17,18,19,20,21). The van der Waals surface area contributed by atoms with Crippen molar-refractivity contribution in [3.8, 4) is 0 Å². The fourth-order valence-electron chi connectivity index (χ4n) is 1.94. The van der Waals surface area contributed by atoms with E-state index in [0.717, 1.165) is 5.56 Å². The Hall–Kier alpha value is -2.47. The molecule has 2 heterocycles. The van der Waals surface area contributed by atoms with Gasteiger partial charge in [-0.1, -0.05) is 41.9 Å². The lowest BCUT2D eigenvalue weighted by atomic mass is 10.1. The zero-order valence-electron chi connectivity index (χ0n) is 11.0. The Labute approximate surface area is 125 Å². The van der Waals surface area contributed by atoms with Gasteiger partial charge in [0.25, 0.3) is 0 Å². The highest BCUT2D eigenvalue weighted by Crippen LogP contribution is 2.18. The molecule has 0 saturated carbocycles. The second kappa shape index (κ2) is 5.88. The fraction of sp³-hybridized carbons (Fsp3) is 0.143. The molecule has 0 aliphatic carbocycles. The van der Waals surface area contributed by atoms with Crippen LogP contribution in [0.15, 0.2) is 36.7 Å². The van der Waals surface area contributed by atoms with E-state index in [4.69, 9.17) is 11.6 Å². The second-order valence-corrected chi connectivity index (χ2v) is 4.83. The molecule has 0 aliphatic heterocycles. The smallest absolute Gasteiger partial charge is 0.233 e. The Morgan fingerprint density at radius 1 is 1.24 bits per heavy atom. The van der Waals surface area contributed by atoms with Gasteiger partial charge in [-0.05, 0) is 12.0 Å². The third-order valence-corrected chi connectivity index (χ3v) is 3.25. The van der Waals surface area contributed by atoms with E-state index in [2.05, 4.69) is 25.3 Å². The molecule has 3 rings (SSSR count). The zero-order chi connectivity index (χ0) is 14.7. The number of halogens is 1. The van der Waals surface area contributed by atoms with Crippen molar-refractivity contribution in [1.29, 1.82) is 0 Å². The molecule has 106 valence electrons. The van der Waals surface area contributed by atoms with Crippen LogP contribution < -0.4 is 5.32 Å². The average Bonchev–Trinajstić information content (AvgIpc) is 2.95. The normalized spacial score (nSPS) is 10.7. The number of nitrogens with one attached hydrogen (secondary N) is 2. The maximum Gasteiger partial charge on any atom is 0.233 e. The third kappa shape index (κ3) is 3.17. The van der Waals surface area contributed by atoms with E-state index >= 15 is 0 Å². The highest BCUT2D eigenvalue weighted by molar-refractivity contribution is 6.33. The van der Waals surface area contributed by atoms with Crippen LogP contribution in [0.1, 0.15) is 12.0 Å². The summed E-state index contributed by atoms with van der Waals surface area (Å²) in [6.45, 7) is 0. The van der Waals surface area contributed by atoms with Crippen molar-refractivity contribution in [3.05, 3.63) is 47.4 Å². The van der Waals surface area contributed by atoms with E-state index < -0.39 is 0 Å². The summed E-state index contributed by atoms with van der Waals surface area (Å²) in [5.74, 6) is 0.00228. The van der Waals surface area contributed by atoms with Crippen LogP contribution in [0.25, 0.3) is 11.2 Å². The number of aromatic amines is 1. The molecular formula is C14H12ClN5O. The molecule has 0 atom stereocenters. The molecule has 1 amide bonds. The molecule has 2 aromatic heterocycles. The van der Waals surface area contributed by atoms with Gasteiger partial charge in [-0.2, -0.15) is 9.97 Å². The van der Waals surface area contributed by atoms with Crippen LogP contribution >= 0.6 is 11.6 Å². The van der Waals surface area contributed by atoms with E-state index in [1.165, 1.54) is 6.33 Å². The number of benzene rings is 1. The van der Waals surface area contributed by atoms with Crippen molar-refractivity contribution in [3.63, 3.8) is 0 Å². The molecule has 0 radical (unpaired) electrons. The Morgan fingerprint density at radius 3 is 2.86 bits per heavy atom. The quantitative estimate of drug-likeness (QED) is 0.725. The number of aryl methyl sites for hydroxylation is 1. The number of anilines is 1. The predicted molar refractivity (Wildman–Crippen MR) is 80.1 cm³/mol. The van der Waals surface area contributed by atoms with Gasteiger partial charge in [0.1, 0.15) is 5.52 Å². The van der Waals surface area contributed by atoms with Gasteiger partial charge in [0, 0.05) is 6.42 Å². The number of imidazole rings is 1. The largest absolute Gasteiger partial charge is 0.341 e. The van der Waals surface area contributed by atoms with Crippen LogP contribution in [0, 0.1) is 0 Å². The minimum atomic E-state index is -0.162. The van der Waals surface area contributed by atoms with Gasteiger partial charge in [-0.15, -0.1) is 0 Å². The van der Waals surface area contributed by atoms with E-state index in [1.54, 1.807) is 0 Å². The van der Waals surface area contributed by atoms with Crippen molar-refractivity contribution in [2.75, 3.05) is 5.32 Å². The lowest BCUT2D eigenvalue weighted by molar-refractivity contribution is -0.116. The number of rotatable bonds is 4. The lowest BCUT2D eigenvalue weighted by Crippen LogP contribution is -2.14. The lowest BCUT2D eigenvalue weighted by Gasteiger charge is -2.04. The summed E-state index contributed by atoms with van der Waals surface area (Å²) in [6, 6.07) is 9.80. The number of H-pyrrole nitrogens is 1. The first kappa shape index (κ1) is 13.5. The summed E-state index contributed by atoms with van der Waals surface area (Å²) < 4.78 is 0. The first-order chi connectivity index (χ1) is 10.2. The van der Waals surface area contributed by atoms with Gasteiger partial charge in [0.2, 0.25) is 11.9 Å². The minimum Gasteiger partial charge on any atom is -0.341 e. The number of nitrogens with zero attached hydrogens (tertiary/aromatic N) is 3. The van der Waals surface area contributed by atoms with Crippen LogP contribution in [0.2, 0.25) is 5.15 Å². The summed E-state index contributed by atoms with van der Waals surface area (Å²) in [7, 11) is 0. The van der Waals surface area contributed by atoms with E-state index in [-0.39, 0.29) is 17.0 Å². The molecule has 7 heteroatoms. The van der Waals surface area contributed by atoms with Crippen molar-refractivity contribution in [1.82, 2.24) is 19.9 Å². The highest BCUT2D eigenvalue weighted by Gasteiger charge is 2.10. The molecule has 3 aromatic rings. The first-order valence-corrected chi connectivity index (χ1v) is 6.80. The molecule has 2 N–H and O–H groups in total. The Balaban J connectivity index is 1.66. The van der Waals surface area contributed by atoms with E-state index in [0.29, 0.717) is 24.0 Å². The molecular weight excluding hydrogens is 290 g/mol. The van der Waals surface area contributed by atoms with Crippen LogP contribution in [0.4, 0.5) is 5.95 Å². The number of aromatic nitrogens is 4. The molecule has 0 aliphatic rings. The SMILES string of the molecule is O=C(CCc1ccccc1)Nc1nc(Cl)c2[nH]cnc2n1. The van der Waals surface area contributed by atoms with Gasteiger partial charge in [-0.25, -0.2) is 4.98 Å². The number of hydrogen-bond donors (Lipinski definition) is 2. The third-order valence-electron chi connectivity index (χ3n) is 2.98. The Bertz CT molecular complexity index is 771. The molecule has 21 heavy (non-hydrogen) atoms. The number of amides is 1. The number of carbonyl (C=O) groups is 1. The predicted octanol–water partition coefficient (Wildman–Crippen LogP) is 2.58. The van der Waals surface area contributed by atoms with Crippen molar-refractivity contribution in [2.45, 2.75) is 12.8 Å². The number of fused-ring (bicyclic) bond motifs is 1. The molecule has 0 fully saturated rings. The molecule has 0 bridgehead atoms. The fourth-order valence-corrected chi connectivity index (χ4v) is 2.16. The Morgan fingerprint density at radius 2 is 2.05 bits per heavy atom. The summed E-state index contributed by atoms with van der Waals surface area (Å²) >= 11 is 5.99. The van der Waals surface area contributed by atoms with Gasteiger partial charge in [0.15, 0.2) is 10.8 Å². The van der Waals surface area contributed by atoms with Crippen LogP contribution in [-0.4, -0.2) is 25.8 Å². The van der Waals surface area contributed by atoms with Crippen LogP contribution in [-0.2, 0) is 11.2 Å². The van der Waals surface area contributed by atoms with Gasteiger partial charge in [0.05, 0.1) is 6.33 Å². The number of hydrogen-bond acceptors (Lipinski definition) is 4. The Kier molecular flexibility index (Phi) is 3.79. The van der Waals surface area contributed by atoms with Gasteiger partial charge >= 0.3 is 0 Å². The summed E-state index contributed by atoms with van der Waals surface area (Å²) in [5.41, 5.74) is 2.08. The zero-order valence-corrected chi connectivity index (χ0v) is 11.8. The van der Waals surface area contributed by atoms with Crippen LogP contribution in [0.3, 0.4) is 0 Å². The molecule has 0 unspecified atom stereocenters.